The van der Waals surface area contributed by atoms with Gasteiger partial charge in [-0.15, -0.1) is 0 Å². The highest BCUT2D eigenvalue weighted by Gasteiger charge is 2.38. The van der Waals surface area contributed by atoms with Crippen LogP contribution in [0.2, 0.25) is 25.2 Å². The molecular weight excluding hydrogens is 647 g/mol. The summed E-state index contributed by atoms with van der Waals surface area (Å²) < 4.78 is 40.4. The van der Waals surface area contributed by atoms with Gasteiger partial charge in [-0.1, -0.05) is 113 Å². The average molecular weight is 695 g/mol. The molecule has 0 aromatic heterocycles. The first kappa shape index (κ1) is 32.8. The van der Waals surface area contributed by atoms with Gasteiger partial charge in [0.1, 0.15) is 5.75 Å². The molecule has 0 spiro atoms. The Bertz CT molecular complexity index is 1280. The van der Waals surface area contributed by atoms with Crippen molar-refractivity contribution >= 4 is 18.2 Å². The first-order valence-corrected chi connectivity index (χ1v) is 22.4. The SMILES string of the molecule is CCCCCCCC[Si](C)(C)CCCc1cc([I+](OS(=O)(=O)c2ccc(C)cc2)c2ccccc2)ccc1OC. The Hall–Kier alpha value is -1.68. The fourth-order valence-electron chi connectivity index (χ4n) is 4.87. The van der Waals surface area contributed by atoms with Gasteiger partial charge in [0.15, 0.2) is 7.14 Å². The lowest BCUT2D eigenvalue weighted by Crippen LogP contribution is -3.85. The summed E-state index contributed by atoms with van der Waals surface area (Å²) in [6, 6.07) is 25.5. The maximum absolute atomic E-state index is 13.3. The van der Waals surface area contributed by atoms with Crippen molar-refractivity contribution < 1.29 is 35.9 Å². The van der Waals surface area contributed by atoms with Gasteiger partial charge in [0.05, 0.1) is 12.0 Å². The molecule has 3 aromatic carbocycles. The number of halogens is 1. The Balaban J connectivity index is 1.75. The Kier molecular flexibility index (Phi) is 13.2. The fraction of sp³-hybridized carbons (Fsp3) is 0.455. The number of ether oxygens (including phenoxy) is 1. The molecule has 0 fully saturated rings. The van der Waals surface area contributed by atoms with E-state index >= 15 is 0 Å². The first-order chi connectivity index (χ1) is 19.1. The second-order valence-corrected chi connectivity index (χ2v) is 23.2. The number of aryl methyl sites for hydroxylation is 2. The summed E-state index contributed by atoms with van der Waals surface area (Å²) in [7, 11) is -3.45. The molecule has 4 nitrogen and oxygen atoms in total. The van der Waals surface area contributed by atoms with Crippen molar-refractivity contribution in [2.45, 2.75) is 95.3 Å². The van der Waals surface area contributed by atoms with E-state index in [1.54, 1.807) is 31.4 Å². The van der Waals surface area contributed by atoms with E-state index in [1.165, 1.54) is 50.6 Å². The molecule has 0 saturated carbocycles. The zero-order valence-corrected chi connectivity index (χ0v) is 28.9. The van der Waals surface area contributed by atoms with E-state index in [9.17, 15) is 8.42 Å². The van der Waals surface area contributed by atoms with Crippen LogP contribution in [0.1, 0.15) is 63.0 Å². The second kappa shape index (κ2) is 16.1. The molecule has 0 aliphatic rings. The van der Waals surface area contributed by atoms with E-state index in [2.05, 4.69) is 26.1 Å². The summed E-state index contributed by atoms with van der Waals surface area (Å²) in [5.74, 6) is 0.865. The Morgan fingerprint density at radius 2 is 1.43 bits per heavy atom. The smallest absolute Gasteiger partial charge is 0.336 e. The van der Waals surface area contributed by atoms with Crippen molar-refractivity contribution in [2.75, 3.05) is 7.11 Å². The van der Waals surface area contributed by atoms with E-state index in [-0.39, 0.29) is 4.90 Å². The largest absolute Gasteiger partial charge is 0.496 e. The number of hydrogen-bond acceptors (Lipinski definition) is 4. The molecule has 0 atom stereocenters. The van der Waals surface area contributed by atoms with E-state index < -0.39 is 38.4 Å². The molecule has 0 heterocycles. The van der Waals surface area contributed by atoms with Crippen molar-refractivity contribution in [1.82, 2.24) is 0 Å². The molecule has 40 heavy (non-hydrogen) atoms. The number of methoxy groups -OCH3 is 1. The van der Waals surface area contributed by atoms with Crippen LogP contribution < -0.4 is 25.0 Å². The average Bonchev–Trinajstić information content (AvgIpc) is 2.94. The minimum Gasteiger partial charge on any atom is -0.496 e. The fourth-order valence-corrected chi connectivity index (χ4v) is 14.6. The van der Waals surface area contributed by atoms with Crippen LogP contribution in [0.4, 0.5) is 0 Å². The van der Waals surface area contributed by atoms with E-state index in [4.69, 9.17) is 7.25 Å². The lowest BCUT2D eigenvalue weighted by molar-refractivity contribution is -1.03. The van der Waals surface area contributed by atoms with Crippen molar-refractivity contribution in [1.29, 1.82) is 0 Å². The summed E-state index contributed by atoms with van der Waals surface area (Å²) in [4.78, 5) is 0.197. The van der Waals surface area contributed by atoms with Crippen LogP contribution in [-0.2, 0) is 19.1 Å². The quantitative estimate of drug-likeness (QED) is 0.0991. The summed E-state index contributed by atoms with van der Waals surface area (Å²) in [6.07, 6.45) is 10.2. The normalized spacial score (nSPS) is 12.2. The highest BCUT2D eigenvalue weighted by molar-refractivity contribution is 7.86. The topological polar surface area (TPSA) is 52.6 Å². The maximum Gasteiger partial charge on any atom is 0.336 e. The number of rotatable bonds is 17. The van der Waals surface area contributed by atoms with Crippen LogP contribution in [-0.4, -0.2) is 23.6 Å². The van der Waals surface area contributed by atoms with Crippen LogP contribution in [0.3, 0.4) is 0 Å². The standard InChI is InChI=1S/C33H47IO4SSi/c1-6-7-8-9-10-14-25-40(4,5)26-15-16-29-27-31(21-24-33(29)37-3)34(30-17-12-11-13-18-30)38-39(35,36)32-22-19-28(2)20-23-32/h11-13,17-24,27H,6-10,14-16,25-26H2,1-5H3/q+1. The van der Waals surface area contributed by atoms with Crippen LogP contribution in [0, 0.1) is 14.1 Å². The van der Waals surface area contributed by atoms with Gasteiger partial charge >= 0.3 is 30.4 Å². The van der Waals surface area contributed by atoms with E-state index in [1.807, 2.05) is 49.4 Å². The first-order valence-electron chi connectivity index (χ1n) is 14.6. The van der Waals surface area contributed by atoms with Crippen LogP contribution in [0.5, 0.6) is 5.75 Å². The molecular formula is C33H47IO4SSi+. The minimum atomic E-state index is -3.91. The molecule has 0 aliphatic carbocycles. The molecule has 0 amide bonds. The van der Waals surface area contributed by atoms with Crippen molar-refractivity contribution in [3.05, 3.63) is 91.1 Å². The zero-order chi connectivity index (χ0) is 29.0. The number of benzene rings is 3. The van der Waals surface area contributed by atoms with Gasteiger partial charge in [-0.2, -0.15) is 8.42 Å². The predicted octanol–water partition coefficient (Wildman–Crippen LogP) is 5.99. The third kappa shape index (κ3) is 10.3. The van der Waals surface area contributed by atoms with Crippen molar-refractivity contribution in [3.8, 4) is 5.75 Å². The van der Waals surface area contributed by atoms with Crippen LogP contribution in [0.25, 0.3) is 0 Å². The molecule has 0 N–H and O–H groups in total. The number of unbranched alkanes of at least 4 members (excludes halogenated alkanes) is 5. The van der Waals surface area contributed by atoms with E-state index in [0.29, 0.717) is 0 Å². The molecule has 219 valence electrons. The molecule has 1 radical (unpaired) electrons. The summed E-state index contributed by atoms with van der Waals surface area (Å²) in [5, 5.41) is 0. The van der Waals surface area contributed by atoms with Gasteiger partial charge in [-0.25, -0.2) is 0 Å². The maximum atomic E-state index is 13.3. The highest BCUT2D eigenvalue weighted by Crippen LogP contribution is 2.25. The lowest BCUT2D eigenvalue weighted by atomic mass is 10.1. The lowest BCUT2D eigenvalue weighted by Gasteiger charge is -2.22. The van der Waals surface area contributed by atoms with Crippen LogP contribution >= 0.6 is 0 Å². The Morgan fingerprint density at radius 3 is 2.10 bits per heavy atom. The molecule has 0 aliphatic heterocycles. The van der Waals surface area contributed by atoms with Gasteiger partial charge in [0.25, 0.3) is 0 Å². The Labute approximate surface area is 252 Å². The number of hydrogen-bond donors (Lipinski definition) is 0. The summed E-state index contributed by atoms with van der Waals surface area (Å²) >= 11 is -2.78. The zero-order valence-electron chi connectivity index (χ0n) is 24.9. The van der Waals surface area contributed by atoms with Gasteiger partial charge < -0.3 is 4.74 Å². The highest BCUT2D eigenvalue weighted by atomic mass is 127. The second-order valence-electron chi connectivity index (χ2n) is 11.4. The molecule has 0 bridgehead atoms. The van der Waals surface area contributed by atoms with Gasteiger partial charge in [0, 0.05) is 8.07 Å². The minimum absolute atomic E-state index is 0.197. The molecule has 0 unspecified atom stereocenters. The van der Waals surface area contributed by atoms with E-state index in [0.717, 1.165) is 36.9 Å². The van der Waals surface area contributed by atoms with Crippen molar-refractivity contribution in [3.63, 3.8) is 0 Å². The van der Waals surface area contributed by atoms with Gasteiger partial charge in [-0.05, 0) is 63.9 Å². The monoisotopic (exact) mass is 694 g/mol. The van der Waals surface area contributed by atoms with Crippen LogP contribution in [0.15, 0.2) is 77.7 Å². The van der Waals surface area contributed by atoms with Crippen molar-refractivity contribution in [2.24, 2.45) is 0 Å². The third-order valence-corrected chi connectivity index (χ3v) is 18.0. The third-order valence-electron chi connectivity index (χ3n) is 7.33. The molecule has 3 aromatic rings. The molecule has 3 rings (SSSR count). The predicted molar refractivity (Wildman–Crippen MR) is 165 cm³/mol. The molecule has 0 saturated heterocycles. The Morgan fingerprint density at radius 1 is 0.775 bits per heavy atom. The molecule has 7 heteroatoms. The van der Waals surface area contributed by atoms with Gasteiger partial charge in [0.2, 0.25) is 0 Å². The van der Waals surface area contributed by atoms with Gasteiger partial charge in [-0.3, -0.25) is 0 Å². The summed E-state index contributed by atoms with van der Waals surface area (Å²) in [6.45, 7) is 9.26. The summed E-state index contributed by atoms with van der Waals surface area (Å²) in [5.41, 5.74) is 2.15.